The highest BCUT2D eigenvalue weighted by atomic mass is 16.6. The van der Waals surface area contributed by atoms with Crippen molar-refractivity contribution in [2.45, 2.75) is 12.5 Å². The highest BCUT2D eigenvalue weighted by molar-refractivity contribution is 6.04. The first-order valence-electron chi connectivity index (χ1n) is 7.92. The van der Waals surface area contributed by atoms with Crippen molar-refractivity contribution in [1.29, 1.82) is 0 Å². The Bertz CT molecular complexity index is 931. The predicted octanol–water partition coefficient (Wildman–Crippen LogP) is 4.87. The molecule has 1 N–H and O–H groups in total. The Balaban J connectivity index is 1.76. The first kappa shape index (κ1) is 15.1. The quantitative estimate of drug-likeness (QED) is 0.548. The van der Waals surface area contributed by atoms with Crippen molar-refractivity contribution in [3.63, 3.8) is 0 Å². The molecule has 3 aromatic rings. The fourth-order valence-corrected chi connectivity index (χ4v) is 2.94. The number of fused-ring (bicyclic) bond motifs is 1. The SMILES string of the molecule is O=[N+]([O-])c1ccc(C2=Nc3ccccc3NC(c3ccco3)C2)cc1. The number of aliphatic imine (C=N–C) groups is 1. The summed E-state index contributed by atoms with van der Waals surface area (Å²) in [4.78, 5) is 15.3. The van der Waals surface area contributed by atoms with E-state index in [2.05, 4.69) is 5.32 Å². The number of benzene rings is 2. The summed E-state index contributed by atoms with van der Waals surface area (Å²) in [5.74, 6) is 0.825. The van der Waals surface area contributed by atoms with Crippen molar-refractivity contribution < 1.29 is 9.34 Å². The second-order valence-corrected chi connectivity index (χ2v) is 5.80. The van der Waals surface area contributed by atoms with Gasteiger partial charge in [-0.3, -0.25) is 15.1 Å². The monoisotopic (exact) mass is 333 g/mol. The van der Waals surface area contributed by atoms with Crippen molar-refractivity contribution >= 4 is 22.8 Å². The van der Waals surface area contributed by atoms with E-state index in [4.69, 9.17) is 9.41 Å². The molecular weight excluding hydrogens is 318 g/mol. The van der Waals surface area contributed by atoms with Gasteiger partial charge in [0.1, 0.15) is 5.76 Å². The lowest BCUT2D eigenvalue weighted by atomic mass is 10.0. The van der Waals surface area contributed by atoms with E-state index in [9.17, 15) is 10.1 Å². The van der Waals surface area contributed by atoms with E-state index in [0.29, 0.717) is 6.42 Å². The van der Waals surface area contributed by atoms with E-state index in [1.807, 2.05) is 36.4 Å². The van der Waals surface area contributed by atoms with Gasteiger partial charge in [0.2, 0.25) is 0 Å². The fraction of sp³-hybridized carbons (Fsp3) is 0.105. The number of nitro groups is 1. The van der Waals surface area contributed by atoms with Crippen molar-refractivity contribution in [3.05, 3.63) is 88.4 Å². The van der Waals surface area contributed by atoms with Gasteiger partial charge in [-0.2, -0.15) is 0 Å². The van der Waals surface area contributed by atoms with Crippen LogP contribution in [0.1, 0.15) is 23.8 Å². The number of non-ortho nitro benzene ring substituents is 1. The molecule has 25 heavy (non-hydrogen) atoms. The molecule has 6 heteroatoms. The van der Waals surface area contributed by atoms with E-state index >= 15 is 0 Å². The van der Waals surface area contributed by atoms with Crippen molar-refractivity contribution in [2.75, 3.05) is 5.32 Å². The van der Waals surface area contributed by atoms with Gasteiger partial charge in [0.25, 0.3) is 5.69 Å². The van der Waals surface area contributed by atoms with Crippen LogP contribution in [-0.4, -0.2) is 10.6 Å². The van der Waals surface area contributed by atoms with E-state index in [0.717, 1.165) is 28.4 Å². The number of furan rings is 1. The summed E-state index contributed by atoms with van der Waals surface area (Å²) < 4.78 is 5.57. The first-order chi connectivity index (χ1) is 12.2. The topological polar surface area (TPSA) is 80.7 Å². The minimum atomic E-state index is -0.402. The highest BCUT2D eigenvalue weighted by Crippen LogP contribution is 2.35. The molecule has 0 spiro atoms. The summed E-state index contributed by atoms with van der Waals surface area (Å²) in [5, 5.41) is 14.3. The molecule has 0 bridgehead atoms. The Morgan fingerprint density at radius 3 is 2.60 bits per heavy atom. The van der Waals surface area contributed by atoms with Gasteiger partial charge in [-0.1, -0.05) is 12.1 Å². The molecule has 0 saturated carbocycles. The predicted molar refractivity (Wildman–Crippen MR) is 95.4 cm³/mol. The maximum Gasteiger partial charge on any atom is 0.269 e. The van der Waals surface area contributed by atoms with Gasteiger partial charge in [0, 0.05) is 18.6 Å². The summed E-state index contributed by atoms with van der Waals surface area (Å²) in [7, 11) is 0. The van der Waals surface area contributed by atoms with Crippen LogP contribution < -0.4 is 5.32 Å². The maximum atomic E-state index is 10.9. The minimum Gasteiger partial charge on any atom is -0.467 e. The van der Waals surface area contributed by atoms with Crippen LogP contribution in [0.25, 0.3) is 0 Å². The largest absolute Gasteiger partial charge is 0.467 e. The lowest BCUT2D eigenvalue weighted by Gasteiger charge is -2.16. The Morgan fingerprint density at radius 2 is 1.88 bits per heavy atom. The van der Waals surface area contributed by atoms with Gasteiger partial charge in [0.05, 0.1) is 34.3 Å². The molecule has 4 rings (SSSR count). The lowest BCUT2D eigenvalue weighted by Crippen LogP contribution is -2.13. The zero-order valence-corrected chi connectivity index (χ0v) is 13.3. The molecule has 124 valence electrons. The second kappa shape index (κ2) is 6.24. The van der Waals surface area contributed by atoms with E-state index < -0.39 is 4.92 Å². The maximum absolute atomic E-state index is 10.9. The number of hydrogen-bond donors (Lipinski definition) is 1. The fourth-order valence-electron chi connectivity index (χ4n) is 2.94. The Kier molecular flexibility index (Phi) is 3.78. The van der Waals surface area contributed by atoms with Crippen LogP contribution in [0.3, 0.4) is 0 Å². The van der Waals surface area contributed by atoms with Gasteiger partial charge >= 0.3 is 0 Å². The Morgan fingerprint density at radius 1 is 1.08 bits per heavy atom. The number of nitro benzene ring substituents is 1. The number of hydrogen-bond acceptors (Lipinski definition) is 5. The van der Waals surface area contributed by atoms with Gasteiger partial charge < -0.3 is 9.73 Å². The molecule has 1 aliphatic heterocycles. The summed E-state index contributed by atoms with van der Waals surface area (Å²) in [6, 6.07) is 18.0. The molecule has 2 heterocycles. The molecule has 0 saturated heterocycles. The van der Waals surface area contributed by atoms with Gasteiger partial charge in [-0.15, -0.1) is 0 Å². The summed E-state index contributed by atoms with van der Waals surface area (Å²) >= 11 is 0. The Labute approximate surface area is 144 Å². The third-order valence-electron chi connectivity index (χ3n) is 4.18. The zero-order chi connectivity index (χ0) is 17.2. The standard InChI is InChI=1S/C19H15N3O3/c23-22(24)14-9-7-13(8-10-14)17-12-18(19-6-3-11-25-19)21-16-5-2-1-4-15(16)20-17/h1-11,18,21H,12H2. The van der Waals surface area contributed by atoms with E-state index in [1.54, 1.807) is 18.4 Å². The van der Waals surface area contributed by atoms with E-state index in [-0.39, 0.29) is 11.7 Å². The van der Waals surface area contributed by atoms with Crippen molar-refractivity contribution in [3.8, 4) is 0 Å². The van der Waals surface area contributed by atoms with Gasteiger partial charge in [0.15, 0.2) is 0 Å². The zero-order valence-electron chi connectivity index (χ0n) is 13.3. The van der Waals surface area contributed by atoms with Crippen LogP contribution in [0.4, 0.5) is 17.1 Å². The van der Waals surface area contributed by atoms with Crippen molar-refractivity contribution in [2.24, 2.45) is 4.99 Å². The molecule has 1 aromatic heterocycles. The highest BCUT2D eigenvalue weighted by Gasteiger charge is 2.23. The molecule has 1 atom stereocenters. The smallest absolute Gasteiger partial charge is 0.269 e. The van der Waals surface area contributed by atoms with Crippen LogP contribution in [0, 0.1) is 10.1 Å². The number of rotatable bonds is 3. The molecule has 0 fully saturated rings. The van der Waals surface area contributed by atoms with Gasteiger partial charge in [-0.25, -0.2) is 0 Å². The number of anilines is 1. The third-order valence-corrected chi connectivity index (χ3v) is 4.18. The lowest BCUT2D eigenvalue weighted by molar-refractivity contribution is -0.384. The van der Waals surface area contributed by atoms with Crippen LogP contribution in [0.5, 0.6) is 0 Å². The summed E-state index contributed by atoms with van der Waals surface area (Å²) in [6.07, 6.45) is 2.26. The van der Waals surface area contributed by atoms with E-state index in [1.165, 1.54) is 12.1 Å². The third kappa shape index (κ3) is 3.01. The van der Waals surface area contributed by atoms with Crippen LogP contribution in [0.2, 0.25) is 0 Å². The number of para-hydroxylation sites is 2. The average molecular weight is 333 g/mol. The molecular formula is C19H15N3O3. The molecule has 0 amide bonds. The van der Waals surface area contributed by atoms with Crippen LogP contribution >= 0.6 is 0 Å². The second-order valence-electron chi connectivity index (χ2n) is 5.80. The number of nitrogens with zero attached hydrogens (tertiary/aromatic N) is 2. The molecule has 6 nitrogen and oxygen atoms in total. The normalized spacial score (nSPS) is 16.3. The molecule has 1 aliphatic rings. The first-order valence-corrected chi connectivity index (χ1v) is 7.92. The molecule has 0 radical (unpaired) electrons. The Hall–Kier alpha value is -3.41. The molecule has 0 aliphatic carbocycles. The number of nitrogens with one attached hydrogen (secondary N) is 1. The van der Waals surface area contributed by atoms with Crippen LogP contribution in [0.15, 0.2) is 76.3 Å². The molecule has 1 unspecified atom stereocenters. The van der Waals surface area contributed by atoms with Crippen molar-refractivity contribution in [1.82, 2.24) is 0 Å². The molecule has 2 aromatic carbocycles. The van der Waals surface area contributed by atoms with Gasteiger partial charge in [-0.05, 0) is 42.0 Å². The summed E-state index contributed by atoms with van der Waals surface area (Å²) in [6.45, 7) is 0. The van der Waals surface area contributed by atoms with Crippen LogP contribution in [-0.2, 0) is 0 Å². The summed E-state index contributed by atoms with van der Waals surface area (Å²) in [5.41, 5.74) is 3.55. The minimum absolute atomic E-state index is 0.0624. The average Bonchev–Trinajstić information content (AvgIpc) is 3.09.